The largest absolute Gasteiger partial charge is 0.381 e. The number of primary amides is 1. The van der Waals surface area contributed by atoms with Gasteiger partial charge in [0.2, 0.25) is 10.0 Å². The molecular formula is C28H27N7O4S. The quantitative estimate of drug-likeness (QED) is 0.277. The highest BCUT2D eigenvalue weighted by atomic mass is 32.2. The number of nitrogen functional groups attached to an aromatic ring is 1. The second kappa shape index (κ2) is 11.8. The second-order valence-electron chi connectivity index (χ2n) is 8.64. The van der Waals surface area contributed by atoms with Gasteiger partial charge in [0.05, 0.1) is 18.2 Å². The van der Waals surface area contributed by atoms with Gasteiger partial charge in [0.15, 0.2) is 11.5 Å². The third-order valence-electron chi connectivity index (χ3n) is 5.81. The van der Waals surface area contributed by atoms with E-state index in [4.69, 9.17) is 11.5 Å². The summed E-state index contributed by atoms with van der Waals surface area (Å²) in [5, 5.41) is 5.22. The van der Waals surface area contributed by atoms with Crippen LogP contribution < -0.4 is 21.7 Å². The number of anilines is 1. The van der Waals surface area contributed by atoms with Gasteiger partial charge in [-0.2, -0.15) is 0 Å². The average Bonchev–Trinajstić information content (AvgIpc) is 3.27. The summed E-state index contributed by atoms with van der Waals surface area (Å²) in [5.41, 5.74) is 13.3. The Kier molecular flexibility index (Phi) is 8.28. The molecule has 5 rings (SSSR count). The number of benzene rings is 2. The first kappa shape index (κ1) is 28.0. The van der Waals surface area contributed by atoms with E-state index in [1.807, 2.05) is 55.5 Å². The lowest BCUT2D eigenvalue weighted by molar-refractivity contribution is 0.100. The molecule has 0 aliphatic rings. The Bertz CT molecular complexity index is 1940. The van der Waals surface area contributed by atoms with Crippen LogP contribution in [0.2, 0.25) is 0 Å². The minimum atomic E-state index is -3.30. The lowest BCUT2D eigenvalue weighted by atomic mass is 10.0. The minimum absolute atomic E-state index is 0.00482. The molecule has 5 aromatic rings. The van der Waals surface area contributed by atoms with Crippen molar-refractivity contribution < 1.29 is 13.2 Å². The zero-order chi connectivity index (χ0) is 28.9. The smallest absolute Gasteiger partial charge is 0.264 e. The molecule has 2 aromatic carbocycles. The van der Waals surface area contributed by atoms with E-state index in [1.54, 1.807) is 29.1 Å². The third kappa shape index (κ3) is 6.17. The monoisotopic (exact) mass is 557 g/mol. The zero-order valence-electron chi connectivity index (χ0n) is 21.8. The van der Waals surface area contributed by atoms with Gasteiger partial charge in [-0.15, -0.1) is 5.10 Å². The maximum Gasteiger partial charge on any atom is 0.264 e. The predicted octanol–water partition coefficient (Wildman–Crippen LogP) is 1.86. The Morgan fingerprint density at radius 1 is 1.10 bits per heavy atom. The molecule has 11 nitrogen and oxygen atoms in total. The number of para-hydroxylation sites is 1. The van der Waals surface area contributed by atoms with Crippen LogP contribution in [0.5, 0.6) is 0 Å². The summed E-state index contributed by atoms with van der Waals surface area (Å²) in [6.45, 7) is 2.01. The number of rotatable bonds is 5. The predicted molar refractivity (Wildman–Crippen MR) is 155 cm³/mol. The van der Waals surface area contributed by atoms with Gasteiger partial charge in [0.1, 0.15) is 5.56 Å². The van der Waals surface area contributed by atoms with Crippen molar-refractivity contribution in [3.63, 3.8) is 0 Å². The van der Waals surface area contributed by atoms with Crippen molar-refractivity contribution in [3.8, 4) is 17.5 Å². The number of carbonyl (C=O) groups excluding carboxylic acids is 1. The van der Waals surface area contributed by atoms with Crippen LogP contribution in [-0.4, -0.2) is 46.3 Å². The maximum absolute atomic E-state index is 13.3. The fourth-order valence-corrected chi connectivity index (χ4v) is 4.42. The lowest BCUT2D eigenvalue weighted by Crippen LogP contribution is -2.23. The topological polar surface area (TPSA) is 167 Å². The van der Waals surface area contributed by atoms with Crippen molar-refractivity contribution >= 4 is 38.2 Å². The maximum atomic E-state index is 13.3. The van der Waals surface area contributed by atoms with Crippen molar-refractivity contribution in [1.29, 1.82) is 0 Å². The molecule has 0 radical (unpaired) electrons. The molecule has 0 aliphatic carbocycles. The molecule has 0 saturated heterocycles. The van der Waals surface area contributed by atoms with Crippen LogP contribution in [0.15, 0.2) is 77.9 Å². The van der Waals surface area contributed by atoms with Crippen LogP contribution in [0.4, 0.5) is 5.82 Å². The summed E-state index contributed by atoms with van der Waals surface area (Å²) in [5.74, 6) is 5.19. The lowest BCUT2D eigenvalue weighted by Gasteiger charge is -2.14. The van der Waals surface area contributed by atoms with Gasteiger partial charge in [-0.1, -0.05) is 49.1 Å². The van der Waals surface area contributed by atoms with Crippen molar-refractivity contribution in [1.82, 2.24) is 23.9 Å². The summed E-state index contributed by atoms with van der Waals surface area (Å²) in [4.78, 5) is 28.2. The standard InChI is InChI=1S/C21H20N2O3S.C7H7N5O/c1-3-18-15-17-10-7-9-16(11-8-14-22-27(2,25)26)20(17)21(24)23(18)19-12-5-4-6-13-19;8-5-4(6(9)13)7-10-2-1-3-12(7)11-5/h4-7,9-10,12-13,15,22H,3,14H2,1-2H3;1-3H,(H2,8,11)(H2,9,13). The number of fused-ring (bicyclic) bond motifs is 2. The van der Waals surface area contributed by atoms with E-state index in [2.05, 4.69) is 26.6 Å². The number of nitrogens with two attached hydrogens (primary N) is 2. The average molecular weight is 558 g/mol. The molecule has 0 bridgehead atoms. The molecule has 12 heteroatoms. The number of hydrogen-bond acceptors (Lipinski definition) is 7. The van der Waals surface area contributed by atoms with E-state index in [1.165, 1.54) is 4.52 Å². The first-order valence-electron chi connectivity index (χ1n) is 12.2. The number of nitrogens with one attached hydrogen (secondary N) is 1. The Labute approximate surface area is 230 Å². The molecule has 3 heterocycles. The number of aromatic nitrogens is 4. The van der Waals surface area contributed by atoms with Gasteiger partial charge in [-0.3, -0.25) is 14.2 Å². The molecule has 5 N–H and O–H groups in total. The second-order valence-corrected chi connectivity index (χ2v) is 10.5. The van der Waals surface area contributed by atoms with Crippen LogP contribution in [0, 0.1) is 11.8 Å². The Hall–Kier alpha value is -4.99. The fraction of sp³-hybridized carbons (Fsp3) is 0.143. The first-order chi connectivity index (χ1) is 19.1. The number of nitrogens with zero attached hydrogens (tertiary/aromatic N) is 4. The number of amides is 1. The van der Waals surface area contributed by atoms with Gasteiger partial charge in [-0.05, 0) is 42.1 Å². The number of aryl methyl sites for hydroxylation is 1. The van der Waals surface area contributed by atoms with Crippen LogP contribution in [0.3, 0.4) is 0 Å². The van der Waals surface area contributed by atoms with E-state index in [0.717, 1.165) is 23.0 Å². The van der Waals surface area contributed by atoms with Crippen LogP contribution in [0.25, 0.3) is 22.1 Å². The van der Waals surface area contributed by atoms with Crippen LogP contribution in [0.1, 0.15) is 28.5 Å². The van der Waals surface area contributed by atoms with Gasteiger partial charge in [0.25, 0.3) is 11.5 Å². The SMILES string of the molecule is CCc1cc2cccc(C#CCNS(C)(=O)=O)c2c(=O)n1-c1ccccc1.NC(=O)c1c(N)nn2cccnc12. The summed E-state index contributed by atoms with van der Waals surface area (Å²) < 4.78 is 27.7. The van der Waals surface area contributed by atoms with E-state index < -0.39 is 15.9 Å². The van der Waals surface area contributed by atoms with Crippen LogP contribution >= 0.6 is 0 Å². The van der Waals surface area contributed by atoms with Crippen molar-refractivity contribution in [3.05, 3.63) is 100 Å². The summed E-state index contributed by atoms with van der Waals surface area (Å²) in [7, 11) is -3.30. The summed E-state index contributed by atoms with van der Waals surface area (Å²) in [6.07, 6.45) is 4.99. The fourth-order valence-electron chi connectivity index (χ4n) is 4.09. The molecule has 0 atom stereocenters. The van der Waals surface area contributed by atoms with E-state index in [0.29, 0.717) is 23.0 Å². The Balaban J connectivity index is 0.000000236. The summed E-state index contributed by atoms with van der Waals surface area (Å²) in [6, 6.07) is 18.7. The van der Waals surface area contributed by atoms with Crippen LogP contribution in [-0.2, 0) is 16.4 Å². The van der Waals surface area contributed by atoms with Gasteiger partial charge in [-0.25, -0.2) is 22.6 Å². The van der Waals surface area contributed by atoms with Crippen molar-refractivity contribution in [2.24, 2.45) is 5.73 Å². The molecule has 0 unspecified atom stereocenters. The molecule has 0 fully saturated rings. The minimum Gasteiger partial charge on any atom is -0.381 e. The van der Waals surface area contributed by atoms with E-state index in [-0.39, 0.29) is 23.5 Å². The Morgan fingerprint density at radius 3 is 2.52 bits per heavy atom. The molecule has 204 valence electrons. The molecular weight excluding hydrogens is 530 g/mol. The van der Waals surface area contributed by atoms with Gasteiger partial charge in [0, 0.05) is 29.3 Å². The zero-order valence-corrected chi connectivity index (χ0v) is 22.6. The van der Waals surface area contributed by atoms with Crippen molar-refractivity contribution in [2.75, 3.05) is 18.5 Å². The molecule has 40 heavy (non-hydrogen) atoms. The number of sulfonamides is 1. The highest BCUT2D eigenvalue weighted by Gasteiger charge is 2.15. The van der Waals surface area contributed by atoms with E-state index in [9.17, 15) is 18.0 Å². The number of carbonyl (C=O) groups is 1. The number of pyridine rings is 1. The Morgan fingerprint density at radius 2 is 1.85 bits per heavy atom. The van der Waals surface area contributed by atoms with E-state index >= 15 is 0 Å². The highest BCUT2D eigenvalue weighted by molar-refractivity contribution is 7.88. The first-order valence-corrected chi connectivity index (χ1v) is 14.0. The summed E-state index contributed by atoms with van der Waals surface area (Å²) >= 11 is 0. The molecule has 1 amide bonds. The van der Waals surface area contributed by atoms with Crippen molar-refractivity contribution in [2.45, 2.75) is 13.3 Å². The molecule has 0 saturated carbocycles. The highest BCUT2D eigenvalue weighted by Crippen LogP contribution is 2.19. The third-order valence-corrected chi connectivity index (χ3v) is 6.48. The number of hydrogen-bond donors (Lipinski definition) is 3. The van der Waals surface area contributed by atoms with Gasteiger partial charge >= 0.3 is 0 Å². The van der Waals surface area contributed by atoms with Gasteiger partial charge < -0.3 is 11.5 Å². The molecule has 0 spiro atoms. The molecule has 0 aliphatic heterocycles. The normalized spacial score (nSPS) is 10.9. The molecule has 3 aromatic heterocycles.